The summed E-state index contributed by atoms with van der Waals surface area (Å²) >= 11 is 1.89. The molecule has 1 N–H and O–H groups in total. The Bertz CT molecular complexity index is 386. The van der Waals surface area contributed by atoms with Crippen LogP contribution in [0.15, 0.2) is 18.2 Å². The predicted molar refractivity (Wildman–Crippen MR) is 57.5 cm³/mol. The van der Waals surface area contributed by atoms with E-state index in [0.717, 1.165) is 0 Å². The standard InChI is InChI=1S/C9H7IO4/c1-14-9(13)7-5(8(11)12)3-2-4-6(7)10/h2-4H,1H3,(H,11,12). The second-order valence-electron chi connectivity index (χ2n) is 2.46. The molecular weight excluding hydrogens is 299 g/mol. The van der Waals surface area contributed by atoms with Crippen molar-refractivity contribution in [2.24, 2.45) is 0 Å². The number of benzene rings is 1. The van der Waals surface area contributed by atoms with Crippen molar-refractivity contribution in [1.82, 2.24) is 0 Å². The van der Waals surface area contributed by atoms with Gasteiger partial charge in [0.15, 0.2) is 0 Å². The van der Waals surface area contributed by atoms with Crippen molar-refractivity contribution in [1.29, 1.82) is 0 Å². The molecule has 0 aliphatic rings. The summed E-state index contributed by atoms with van der Waals surface area (Å²) in [6, 6.07) is 4.60. The SMILES string of the molecule is COC(=O)c1c(I)cccc1C(=O)O. The molecule has 0 fully saturated rings. The van der Waals surface area contributed by atoms with Crippen LogP contribution < -0.4 is 0 Å². The number of ether oxygens (including phenoxy) is 1. The Morgan fingerprint density at radius 3 is 2.57 bits per heavy atom. The van der Waals surface area contributed by atoms with Crippen LogP contribution in [0.4, 0.5) is 0 Å². The fourth-order valence-corrected chi connectivity index (χ4v) is 1.73. The van der Waals surface area contributed by atoms with Gasteiger partial charge in [-0.1, -0.05) is 6.07 Å². The van der Waals surface area contributed by atoms with Crippen LogP contribution >= 0.6 is 22.6 Å². The fourth-order valence-electron chi connectivity index (χ4n) is 1.01. The van der Waals surface area contributed by atoms with Gasteiger partial charge < -0.3 is 9.84 Å². The molecule has 0 spiro atoms. The topological polar surface area (TPSA) is 63.6 Å². The zero-order chi connectivity index (χ0) is 10.7. The molecule has 1 aromatic carbocycles. The number of carboxylic acids is 1. The van der Waals surface area contributed by atoms with E-state index in [1.54, 1.807) is 12.1 Å². The third kappa shape index (κ3) is 2.03. The lowest BCUT2D eigenvalue weighted by Crippen LogP contribution is -2.11. The van der Waals surface area contributed by atoms with Crippen molar-refractivity contribution in [3.63, 3.8) is 0 Å². The van der Waals surface area contributed by atoms with Crippen LogP contribution in [0.5, 0.6) is 0 Å². The molecule has 0 saturated heterocycles. The molecular formula is C9H7IO4. The highest BCUT2D eigenvalue weighted by molar-refractivity contribution is 14.1. The molecule has 0 atom stereocenters. The molecule has 4 nitrogen and oxygen atoms in total. The van der Waals surface area contributed by atoms with Crippen LogP contribution in [0.3, 0.4) is 0 Å². The van der Waals surface area contributed by atoms with E-state index < -0.39 is 11.9 Å². The number of carbonyl (C=O) groups is 2. The lowest BCUT2D eigenvalue weighted by molar-refractivity contribution is 0.0581. The third-order valence-corrected chi connectivity index (χ3v) is 2.53. The van der Waals surface area contributed by atoms with Gasteiger partial charge in [0.05, 0.1) is 18.2 Å². The summed E-state index contributed by atoms with van der Waals surface area (Å²) in [5, 5.41) is 8.82. The Morgan fingerprint density at radius 1 is 1.43 bits per heavy atom. The van der Waals surface area contributed by atoms with Crippen molar-refractivity contribution in [2.75, 3.05) is 7.11 Å². The minimum absolute atomic E-state index is 0.0382. The van der Waals surface area contributed by atoms with E-state index in [-0.39, 0.29) is 11.1 Å². The zero-order valence-electron chi connectivity index (χ0n) is 7.28. The number of esters is 1. The first kappa shape index (κ1) is 11.0. The number of carboxylic acid groups (broad SMARTS) is 1. The van der Waals surface area contributed by atoms with Crippen LogP contribution in [0.1, 0.15) is 20.7 Å². The molecule has 0 heterocycles. The Morgan fingerprint density at radius 2 is 2.07 bits per heavy atom. The number of aromatic carboxylic acids is 1. The molecule has 14 heavy (non-hydrogen) atoms. The first-order valence-electron chi connectivity index (χ1n) is 3.68. The second-order valence-corrected chi connectivity index (χ2v) is 3.62. The van der Waals surface area contributed by atoms with Crippen molar-refractivity contribution < 1.29 is 19.4 Å². The molecule has 0 amide bonds. The lowest BCUT2D eigenvalue weighted by Gasteiger charge is -2.05. The van der Waals surface area contributed by atoms with Gasteiger partial charge in [0.1, 0.15) is 0 Å². The molecule has 0 unspecified atom stereocenters. The quantitative estimate of drug-likeness (QED) is 0.668. The summed E-state index contributed by atoms with van der Waals surface area (Å²) < 4.78 is 5.07. The molecule has 1 aromatic rings. The van der Waals surface area contributed by atoms with E-state index >= 15 is 0 Å². The largest absolute Gasteiger partial charge is 0.478 e. The van der Waals surface area contributed by atoms with Crippen molar-refractivity contribution >= 4 is 34.5 Å². The molecule has 74 valence electrons. The van der Waals surface area contributed by atoms with Crippen molar-refractivity contribution in [3.8, 4) is 0 Å². The molecule has 5 heteroatoms. The number of hydrogen-bond acceptors (Lipinski definition) is 3. The summed E-state index contributed by atoms with van der Waals surface area (Å²) in [6.07, 6.45) is 0. The van der Waals surface area contributed by atoms with Gasteiger partial charge in [-0.15, -0.1) is 0 Å². The van der Waals surface area contributed by atoms with Crippen LogP contribution in [-0.4, -0.2) is 24.2 Å². The zero-order valence-corrected chi connectivity index (χ0v) is 9.44. The summed E-state index contributed by atoms with van der Waals surface area (Å²) in [6.45, 7) is 0. The summed E-state index contributed by atoms with van der Waals surface area (Å²) in [5.74, 6) is -1.77. The van der Waals surface area contributed by atoms with Crippen LogP contribution in [0.2, 0.25) is 0 Å². The van der Waals surface area contributed by atoms with E-state index in [1.165, 1.54) is 13.2 Å². The number of carbonyl (C=O) groups excluding carboxylic acids is 1. The number of hydrogen-bond donors (Lipinski definition) is 1. The molecule has 1 rings (SSSR count). The maximum Gasteiger partial charge on any atom is 0.339 e. The van der Waals surface area contributed by atoms with E-state index in [4.69, 9.17) is 5.11 Å². The molecule has 0 aliphatic carbocycles. The maximum atomic E-state index is 11.3. The summed E-state index contributed by atoms with van der Waals surface area (Å²) in [7, 11) is 1.22. The molecule has 0 radical (unpaired) electrons. The Balaban J connectivity index is 3.36. The van der Waals surface area contributed by atoms with Gasteiger partial charge in [0.2, 0.25) is 0 Å². The van der Waals surface area contributed by atoms with Crippen LogP contribution in [-0.2, 0) is 4.74 Å². The van der Waals surface area contributed by atoms with Crippen LogP contribution in [0.25, 0.3) is 0 Å². The average Bonchev–Trinajstić information content (AvgIpc) is 2.16. The minimum Gasteiger partial charge on any atom is -0.478 e. The Hall–Kier alpha value is -1.11. The van der Waals surface area contributed by atoms with Gasteiger partial charge in [-0.25, -0.2) is 9.59 Å². The average molecular weight is 306 g/mol. The van der Waals surface area contributed by atoms with E-state index in [1.807, 2.05) is 22.6 Å². The van der Waals surface area contributed by atoms with Crippen molar-refractivity contribution in [2.45, 2.75) is 0 Å². The van der Waals surface area contributed by atoms with Gasteiger partial charge in [0, 0.05) is 3.57 Å². The van der Waals surface area contributed by atoms with Gasteiger partial charge >= 0.3 is 11.9 Å². The minimum atomic E-state index is -1.14. The van der Waals surface area contributed by atoms with Gasteiger partial charge in [0.25, 0.3) is 0 Å². The fraction of sp³-hybridized carbons (Fsp3) is 0.111. The lowest BCUT2D eigenvalue weighted by atomic mass is 10.1. The number of halogens is 1. The van der Waals surface area contributed by atoms with Gasteiger partial charge in [-0.3, -0.25) is 0 Å². The maximum absolute atomic E-state index is 11.3. The second kappa shape index (κ2) is 4.41. The summed E-state index contributed by atoms with van der Waals surface area (Å²) in [4.78, 5) is 22.1. The number of rotatable bonds is 2. The highest BCUT2D eigenvalue weighted by Crippen LogP contribution is 2.18. The molecule has 0 bridgehead atoms. The highest BCUT2D eigenvalue weighted by atomic mass is 127. The van der Waals surface area contributed by atoms with E-state index in [9.17, 15) is 9.59 Å². The molecule has 0 aromatic heterocycles. The van der Waals surface area contributed by atoms with E-state index in [0.29, 0.717) is 3.57 Å². The smallest absolute Gasteiger partial charge is 0.339 e. The monoisotopic (exact) mass is 306 g/mol. The summed E-state index contributed by atoms with van der Waals surface area (Å²) in [5.41, 5.74) is 0.0619. The highest BCUT2D eigenvalue weighted by Gasteiger charge is 2.19. The first-order valence-corrected chi connectivity index (χ1v) is 4.76. The third-order valence-electron chi connectivity index (χ3n) is 1.63. The van der Waals surface area contributed by atoms with Crippen molar-refractivity contribution in [3.05, 3.63) is 32.9 Å². The molecule has 0 aliphatic heterocycles. The van der Waals surface area contributed by atoms with E-state index in [2.05, 4.69) is 4.74 Å². The first-order chi connectivity index (χ1) is 6.57. The Kier molecular flexibility index (Phi) is 3.45. The van der Waals surface area contributed by atoms with Gasteiger partial charge in [-0.05, 0) is 34.7 Å². The number of methoxy groups -OCH3 is 1. The van der Waals surface area contributed by atoms with Gasteiger partial charge in [-0.2, -0.15) is 0 Å². The predicted octanol–water partition coefficient (Wildman–Crippen LogP) is 1.78. The van der Waals surface area contributed by atoms with Crippen LogP contribution in [0, 0.1) is 3.57 Å². The Labute approximate surface area is 94.0 Å². The molecule has 0 saturated carbocycles. The normalized spacial score (nSPS) is 9.57.